The van der Waals surface area contributed by atoms with Crippen molar-refractivity contribution in [3.63, 3.8) is 0 Å². The summed E-state index contributed by atoms with van der Waals surface area (Å²) in [6.45, 7) is 7.88. The zero-order valence-electron chi connectivity index (χ0n) is 11.2. The SMILES string of the molecule is CC1CCC(C(CN)NC(=O)OC(C)(C)C)O1. The van der Waals surface area contributed by atoms with Gasteiger partial charge in [0.1, 0.15) is 5.60 Å². The summed E-state index contributed by atoms with van der Waals surface area (Å²) in [6, 6.07) is -0.171. The number of carbonyl (C=O) groups is 1. The highest BCUT2D eigenvalue weighted by atomic mass is 16.6. The van der Waals surface area contributed by atoms with Crippen LogP contribution >= 0.6 is 0 Å². The summed E-state index contributed by atoms with van der Waals surface area (Å²) in [4.78, 5) is 11.6. The van der Waals surface area contributed by atoms with E-state index in [-0.39, 0.29) is 18.2 Å². The molecule has 0 aromatic rings. The molecule has 3 atom stereocenters. The van der Waals surface area contributed by atoms with Gasteiger partial charge in [0.25, 0.3) is 0 Å². The molecule has 1 rings (SSSR count). The molecule has 5 heteroatoms. The zero-order valence-corrected chi connectivity index (χ0v) is 11.2. The van der Waals surface area contributed by atoms with E-state index in [9.17, 15) is 4.79 Å². The van der Waals surface area contributed by atoms with Crippen LogP contribution in [-0.2, 0) is 9.47 Å². The Morgan fingerprint density at radius 1 is 1.53 bits per heavy atom. The minimum atomic E-state index is -0.493. The smallest absolute Gasteiger partial charge is 0.408 e. The summed E-state index contributed by atoms with van der Waals surface area (Å²) in [5.41, 5.74) is 5.17. The van der Waals surface area contributed by atoms with Crippen LogP contribution in [0.2, 0.25) is 0 Å². The van der Waals surface area contributed by atoms with Gasteiger partial charge in [0.2, 0.25) is 0 Å². The van der Waals surface area contributed by atoms with Gasteiger partial charge in [0, 0.05) is 6.54 Å². The third kappa shape index (κ3) is 4.91. The molecule has 0 saturated carbocycles. The highest BCUT2D eigenvalue weighted by Gasteiger charge is 2.30. The number of carbonyl (C=O) groups excluding carboxylic acids is 1. The van der Waals surface area contributed by atoms with E-state index in [0.29, 0.717) is 6.54 Å². The molecular formula is C12H24N2O3. The topological polar surface area (TPSA) is 73.6 Å². The number of nitrogens with one attached hydrogen (secondary N) is 1. The van der Waals surface area contributed by atoms with Crippen molar-refractivity contribution < 1.29 is 14.3 Å². The number of nitrogens with two attached hydrogens (primary N) is 1. The summed E-state index contributed by atoms with van der Waals surface area (Å²) < 4.78 is 10.9. The van der Waals surface area contributed by atoms with Crippen molar-refractivity contribution in [2.45, 2.75) is 64.4 Å². The lowest BCUT2D eigenvalue weighted by atomic mass is 10.1. The monoisotopic (exact) mass is 244 g/mol. The van der Waals surface area contributed by atoms with Crippen molar-refractivity contribution in [2.24, 2.45) is 5.73 Å². The summed E-state index contributed by atoms with van der Waals surface area (Å²) >= 11 is 0. The molecule has 3 N–H and O–H groups in total. The van der Waals surface area contributed by atoms with E-state index in [2.05, 4.69) is 5.32 Å². The summed E-state index contributed by atoms with van der Waals surface area (Å²) in [5, 5.41) is 2.77. The average molecular weight is 244 g/mol. The molecule has 1 aliphatic rings. The molecule has 0 aromatic heterocycles. The van der Waals surface area contributed by atoms with Gasteiger partial charge >= 0.3 is 6.09 Å². The molecule has 5 nitrogen and oxygen atoms in total. The van der Waals surface area contributed by atoms with E-state index in [0.717, 1.165) is 12.8 Å². The first kappa shape index (κ1) is 14.3. The van der Waals surface area contributed by atoms with Crippen LogP contribution in [0.15, 0.2) is 0 Å². The maximum atomic E-state index is 11.6. The second kappa shape index (κ2) is 5.69. The van der Waals surface area contributed by atoms with Crippen LogP contribution in [0.3, 0.4) is 0 Å². The van der Waals surface area contributed by atoms with Crippen molar-refractivity contribution in [3.8, 4) is 0 Å². The molecule has 1 aliphatic heterocycles. The Labute approximate surface area is 103 Å². The number of hydrogen-bond donors (Lipinski definition) is 2. The third-order valence-corrected chi connectivity index (χ3v) is 2.67. The largest absolute Gasteiger partial charge is 0.444 e. The third-order valence-electron chi connectivity index (χ3n) is 2.67. The molecule has 1 heterocycles. The molecule has 0 aliphatic carbocycles. The van der Waals surface area contributed by atoms with Gasteiger partial charge in [0.05, 0.1) is 18.2 Å². The van der Waals surface area contributed by atoms with Gasteiger partial charge in [-0.25, -0.2) is 4.79 Å². The Morgan fingerprint density at radius 3 is 2.59 bits per heavy atom. The molecule has 0 bridgehead atoms. The zero-order chi connectivity index (χ0) is 13.1. The van der Waals surface area contributed by atoms with Gasteiger partial charge in [-0.1, -0.05) is 0 Å². The van der Waals surface area contributed by atoms with Crippen LogP contribution in [0.4, 0.5) is 4.79 Å². The molecule has 3 unspecified atom stereocenters. The van der Waals surface area contributed by atoms with Crippen molar-refractivity contribution in [1.29, 1.82) is 0 Å². The van der Waals surface area contributed by atoms with E-state index in [1.165, 1.54) is 0 Å². The van der Waals surface area contributed by atoms with Crippen molar-refractivity contribution in [2.75, 3.05) is 6.54 Å². The Bertz CT molecular complexity index is 263. The van der Waals surface area contributed by atoms with Gasteiger partial charge in [-0.3, -0.25) is 0 Å². The fraction of sp³-hybridized carbons (Fsp3) is 0.917. The summed E-state index contributed by atoms with van der Waals surface area (Å²) in [6.07, 6.45) is 1.75. The fourth-order valence-corrected chi connectivity index (χ4v) is 1.89. The van der Waals surface area contributed by atoms with E-state index in [1.807, 2.05) is 27.7 Å². The highest BCUT2D eigenvalue weighted by molar-refractivity contribution is 5.68. The number of hydrogen-bond acceptors (Lipinski definition) is 4. The first-order valence-corrected chi connectivity index (χ1v) is 6.17. The maximum Gasteiger partial charge on any atom is 0.408 e. The van der Waals surface area contributed by atoms with E-state index >= 15 is 0 Å². The molecule has 0 aromatic carbocycles. The first-order chi connectivity index (χ1) is 7.81. The van der Waals surface area contributed by atoms with Crippen LogP contribution in [0.25, 0.3) is 0 Å². The van der Waals surface area contributed by atoms with Gasteiger partial charge < -0.3 is 20.5 Å². The standard InChI is InChI=1S/C12H24N2O3/c1-8-5-6-10(16-8)9(7-13)14-11(15)17-12(2,3)4/h8-10H,5-7,13H2,1-4H3,(H,14,15). The van der Waals surface area contributed by atoms with Gasteiger partial charge in [-0.2, -0.15) is 0 Å². The van der Waals surface area contributed by atoms with Gasteiger partial charge in [-0.15, -0.1) is 0 Å². The molecule has 17 heavy (non-hydrogen) atoms. The Morgan fingerprint density at radius 2 is 2.18 bits per heavy atom. The number of ether oxygens (including phenoxy) is 2. The van der Waals surface area contributed by atoms with Crippen LogP contribution in [0.1, 0.15) is 40.5 Å². The lowest BCUT2D eigenvalue weighted by Crippen LogP contribution is -2.49. The van der Waals surface area contributed by atoms with Crippen molar-refractivity contribution in [1.82, 2.24) is 5.32 Å². The molecule has 1 amide bonds. The fourth-order valence-electron chi connectivity index (χ4n) is 1.89. The van der Waals surface area contributed by atoms with E-state index in [1.54, 1.807) is 0 Å². The first-order valence-electron chi connectivity index (χ1n) is 6.17. The predicted octanol–water partition coefficient (Wildman–Crippen LogP) is 1.41. The van der Waals surface area contributed by atoms with Crippen LogP contribution in [0.5, 0.6) is 0 Å². The quantitative estimate of drug-likeness (QED) is 0.787. The second-order valence-corrected chi connectivity index (χ2v) is 5.55. The van der Waals surface area contributed by atoms with E-state index in [4.69, 9.17) is 15.2 Å². The molecule has 0 radical (unpaired) electrons. The minimum absolute atomic E-state index is 0.00233. The average Bonchev–Trinajstić information content (AvgIpc) is 2.58. The van der Waals surface area contributed by atoms with E-state index < -0.39 is 11.7 Å². The highest BCUT2D eigenvalue weighted by Crippen LogP contribution is 2.21. The molecule has 1 saturated heterocycles. The molecular weight excluding hydrogens is 220 g/mol. The normalized spacial score (nSPS) is 26.6. The number of rotatable bonds is 3. The Balaban J connectivity index is 2.44. The summed E-state index contributed by atoms with van der Waals surface area (Å²) in [5.74, 6) is 0. The molecule has 100 valence electrons. The second-order valence-electron chi connectivity index (χ2n) is 5.55. The van der Waals surface area contributed by atoms with Crippen LogP contribution < -0.4 is 11.1 Å². The lowest BCUT2D eigenvalue weighted by Gasteiger charge is -2.26. The van der Waals surface area contributed by atoms with Crippen LogP contribution in [0, 0.1) is 0 Å². The predicted molar refractivity (Wildman–Crippen MR) is 65.8 cm³/mol. The lowest BCUT2D eigenvalue weighted by molar-refractivity contribution is 0.0201. The minimum Gasteiger partial charge on any atom is -0.444 e. The Hall–Kier alpha value is -0.810. The van der Waals surface area contributed by atoms with Crippen LogP contribution in [-0.4, -0.2) is 36.5 Å². The number of amides is 1. The molecule has 0 spiro atoms. The number of alkyl carbamates (subject to hydrolysis) is 1. The summed E-state index contributed by atoms with van der Waals surface area (Å²) in [7, 11) is 0. The van der Waals surface area contributed by atoms with Crippen molar-refractivity contribution >= 4 is 6.09 Å². The molecule has 1 fully saturated rings. The maximum absolute atomic E-state index is 11.6. The van der Waals surface area contributed by atoms with Gasteiger partial charge in [0.15, 0.2) is 0 Å². The Kier molecular flexibility index (Phi) is 4.77. The van der Waals surface area contributed by atoms with Gasteiger partial charge in [-0.05, 0) is 40.5 Å². The van der Waals surface area contributed by atoms with Crippen molar-refractivity contribution in [3.05, 3.63) is 0 Å².